The highest BCUT2D eigenvalue weighted by atomic mass is 35.5. The second-order valence-electron chi connectivity index (χ2n) is 6.62. The zero-order valence-electron chi connectivity index (χ0n) is 12.9. The summed E-state index contributed by atoms with van der Waals surface area (Å²) < 4.78 is 0. The molecule has 1 aromatic rings. The molecule has 0 aliphatic heterocycles. The molecule has 3 nitrogen and oxygen atoms in total. The van der Waals surface area contributed by atoms with Gasteiger partial charge >= 0.3 is 0 Å². The fraction of sp³-hybridized carbons (Fsp3) is 0.706. The van der Waals surface area contributed by atoms with Gasteiger partial charge in [-0.3, -0.25) is 0 Å². The summed E-state index contributed by atoms with van der Waals surface area (Å²) in [5.74, 6) is 2.73. The Kier molecular flexibility index (Phi) is 5.02. The monoisotopic (exact) mass is 307 g/mol. The van der Waals surface area contributed by atoms with Crippen molar-refractivity contribution in [3.05, 3.63) is 22.8 Å². The van der Waals surface area contributed by atoms with Crippen LogP contribution in [0.15, 0.2) is 12.3 Å². The molecule has 0 aromatic carbocycles. The minimum Gasteiger partial charge on any atom is -0.355 e. The molecule has 0 radical (unpaired) electrons. The normalized spacial score (nSPS) is 18.0. The Balaban J connectivity index is 1.65. The number of nitrogens with zero attached hydrogens (tertiary/aromatic N) is 2. The molecule has 0 bridgehead atoms. The number of hydrogen-bond acceptors (Lipinski definition) is 3. The maximum atomic E-state index is 6.51. The first kappa shape index (κ1) is 15.1. The molecule has 21 heavy (non-hydrogen) atoms. The van der Waals surface area contributed by atoms with Crippen LogP contribution in [0.5, 0.6) is 0 Å². The largest absolute Gasteiger partial charge is 0.355 e. The number of rotatable bonds is 9. The van der Waals surface area contributed by atoms with Crippen LogP contribution < -0.4 is 10.2 Å². The van der Waals surface area contributed by atoms with Gasteiger partial charge in [-0.15, -0.1) is 0 Å². The lowest BCUT2D eigenvalue weighted by molar-refractivity contribution is 0.664. The number of pyridine rings is 1. The van der Waals surface area contributed by atoms with Gasteiger partial charge in [0, 0.05) is 25.8 Å². The van der Waals surface area contributed by atoms with Crippen LogP contribution in [-0.4, -0.2) is 24.6 Å². The van der Waals surface area contributed by atoms with Crippen LogP contribution in [0.4, 0.5) is 5.82 Å². The Morgan fingerprint density at radius 3 is 2.43 bits per heavy atom. The van der Waals surface area contributed by atoms with E-state index in [1.165, 1.54) is 31.2 Å². The standard InChI is InChI=1S/C17H26ClN3/c1-2-7-19-9-15-8-16(18)17(20-10-15)21(11-13-3-4-13)12-14-5-6-14/h8,10,13-14,19H,2-7,9,11-12H2,1H3. The molecule has 0 saturated heterocycles. The quantitative estimate of drug-likeness (QED) is 0.702. The molecule has 2 aliphatic rings. The lowest BCUT2D eigenvalue weighted by Gasteiger charge is -2.25. The van der Waals surface area contributed by atoms with Crippen molar-refractivity contribution in [1.29, 1.82) is 0 Å². The van der Waals surface area contributed by atoms with Crippen molar-refractivity contribution in [3.8, 4) is 0 Å². The van der Waals surface area contributed by atoms with E-state index in [0.29, 0.717) is 0 Å². The van der Waals surface area contributed by atoms with Gasteiger partial charge in [-0.25, -0.2) is 4.98 Å². The Labute approximate surface area is 133 Å². The minimum atomic E-state index is 0.812. The van der Waals surface area contributed by atoms with E-state index in [1.807, 2.05) is 6.20 Å². The summed E-state index contributed by atoms with van der Waals surface area (Å²) in [5.41, 5.74) is 1.18. The average molecular weight is 308 g/mol. The highest BCUT2D eigenvalue weighted by molar-refractivity contribution is 6.33. The van der Waals surface area contributed by atoms with Gasteiger partial charge in [-0.05, 0) is 62.1 Å². The molecule has 116 valence electrons. The van der Waals surface area contributed by atoms with Crippen LogP contribution in [0.25, 0.3) is 0 Å². The number of nitrogens with one attached hydrogen (secondary N) is 1. The summed E-state index contributed by atoms with van der Waals surface area (Å²) in [6, 6.07) is 2.08. The van der Waals surface area contributed by atoms with Crippen molar-refractivity contribution >= 4 is 17.4 Å². The molecule has 2 saturated carbocycles. The smallest absolute Gasteiger partial charge is 0.147 e. The zero-order chi connectivity index (χ0) is 14.7. The van der Waals surface area contributed by atoms with Crippen molar-refractivity contribution in [3.63, 3.8) is 0 Å². The Morgan fingerprint density at radius 2 is 1.90 bits per heavy atom. The molecule has 4 heteroatoms. The van der Waals surface area contributed by atoms with Crippen molar-refractivity contribution < 1.29 is 0 Å². The second kappa shape index (κ2) is 6.97. The summed E-state index contributed by atoms with van der Waals surface area (Å²) >= 11 is 6.51. The van der Waals surface area contributed by atoms with Gasteiger partial charge in [0.2, 0.25) is 0 Å². The van der Waals surface area contributed by atoms with Crippen LogP contribution in [0, 0.1) is 11.8 Å². The van der Waals surface area contributed by atoms with Crippen molar-refractivity contribution in [1.82, 2.24) is 10.3 Å². The Hall–Kier alpha value is -0.800. The first-order chi connectivity index (χ1) is 10.3. The first-order valence-electron chi connectivity index (χ1n) is 8.36. The molecule has 0 unspecified atom stereocenters. The van der Waals surface area contributed by atoms with Crippen LogP contribution in [0.1, 0.15) is 44.6 Å². The third-order valence-corrected chi connectivity index (χ3v) is 4.56. The van der Waals surface area contributed by atoms with Crippen molar-refractivity contribution in [2.75, 3.05) is 24.5 Å². The maximum absolute atomic E-state index is 6.51. The van der Waals surface area contributed by atoms with Gasteiger partial charge in [0.1, 0.15) is 5.82 Å². The third kappa shape index (κ3) is 4.58. The van der Waals surface area contributed by atoms with Crippen LogP contribution >= 0.6 is 11.6 Å². The lowest BCUT2D eigenvalue weighted by atomic mass is 10.2. The second-order valence-corrected chi connectivity index (χ2v) is 7.02. The third-order valence-electron chi connectivity index (χ3n) is 4.28. The van der Waals surface area contributed by atoms with E-state index in [-0.39, 0.29) is 0 Å². The summed E-state index contributed by atoms with van der Waals surface area (Å²) in [6.45, 7) is 6.34. The van der Waals surface area contributed by atoms with E-state index in [2.05, 4.69) is 28.2 Å². The fourth-order valence-electron chi connectivity index (χ4n) is 2.68. The molecule has 2 fully saturated rings. The lowest BCUT2D eigenvalue weighted by Crippen LogP contribution is -2.29. The van der Waals surface area contributed by atoms with Gasteiger partial charge < -0.3 is 10.2 Å². The van der Waals surface area contributed by atoms with Crippen LogP contribution in [0.3, 0.4) is 0 Å². The SMILES string of the molecule is CCCNCc1cnc(N(CC2CC2)CC2CC2)c(Cl)c1. The van der Waals surface area contributed by atoms with Gasteiger partial charge in [-0.2, -0.15) is 0 Å². The molecule has 1 aromatic heterocycles. The summed E-state index contributed by atoms with van der Waals surface area (Å²) in [6.07, 6.45) is 8.62. The van der Waals surface area contributed by atoms with Gasteiger partial charge in [0.05, 0.1) is 5.02 Å². The number of aromatic nitrogens is 1. The molecule has 0 spiro atoms. The summed E-state index contributed by atoms with van der Waals surface area (Å²) in [4.78, 5) is 7.10. The zero-order valence-corrected chi connectivity index (χ0v) is 13.7. The van der Waals surface area contributed by atoms with Crippen molar-refractivity contribution in [2.45, 2.75) is 45.6 Å². The molecule has 2 aliphatic carbocycles. The molecule has 0 atom stereocenters. The minimum absolute atomic E-state index is 0.812. The average Bonchev–Trinajstić information content (AvgIpc) is 3.34. The van der Waals surface area contributed by atoms with E-state index in [1.54, 1.807) is 0 Å². The highest BCUT2D eigenvalue weighted by Crippen LogP contribution is 2.37. The van der Waals surface area contributed by atoms with Gasteiger partial charge in [0.25, 0.3) is 0 Å². The molecule has 3 rings (SSSR count). The predicted octanol–water partition coefficient (Wildman–Crippen LogP) is 3.86. The topological polar surface area (TPSA) is 28.2 Å². The summed E-state index contributed by atoms with van der Waals surface area (Å²) in [7, 11) is 0. The number of anilines is 1. The number of halogens is 1. The molecule has 1 N–H and O–H groups in total. The van der Waals surface area contributed by atoms with E-state index < -0.39 is 0 Å². The van der Waals surface area contributed by atoms with E-state index in [4.69, 9.17) is 11.6 Å². The fourth-order valence-corrected chi connectivity index (χ4v) is 2.99. The highest BCUT2D eigenvalue weighted by Gasteiger charge is 2.30. The van der Waals surface area contributed by atoms with Crippen molar-refractivity contribution in [2.24, 2.45) is 11.8 Å². The van der Waals surface area contributed by atoms with Crippen LogP contribution in [0.2, 0.25) is 5.02 Å². The predicted molar refractivity (Wildman–Crippen MR) is 88.9 cm³/mol. The molecular weight excluding hydrogens is 282 g/mol. The van der Waals surface area contributed by atoms with E-state index >= 15 is 0 Å². The van der Waals surface area contributed by atoms with E-state index in [9.17, 15) is 0 Å². The van der Waals surface area contributed by atoms with E-state index in [0.717, 1.165) is 55.3 Å². The van der Waals surface area contributed by atoms with Gasteiger partial charge in [0.15, 0.2) is 0 Å². The van der Waals surface area contributed by atoms with Gasteiger partial charge in [-0.1, -0.05) is 18.5 Å². The maximum Gasteiger partial charge on any atom is 0.147 e. The van der Waals surface area contributed by atoms with Crippen LogP contribution in [-0.2, 0) is 6.54 Å². The molecule has 1 heterocycles. The Morgan fingerprint density at radius 1 is 1.24 bits per heavy atom. The number of hydrogen-bond donors (Lipinski definition) is 1. The molecular formula is C17H26ClN3. The summed E-state index contributed by atoms with van der Waals surface area (Å²) in [5, 5.41) is 4.21. The molecule has 0 amide bonds. The first-order valence-corrected chi connectivity index (χ1v) is 8.74. The Bertz CT molecular complexity index is 455.